The lowest BCUT2D eigenvalue weighted by Gasteiger charge is -2.19. The molecule has 1 heterocycles. The molecule has 1 aliphatic rings. The van der Waals surface area contributed by atoms with Crippen LogP contribution < -0.4 is 5.32 Å². The summed E-state index contributed by atoms with van der Waals surface area (Å²) in [5, 5.41) is 11.6. The van der Waals surface area contributed by atoms with Gasteiger partial charge in [0.05, 0.1) is 12.0 Å². The van der Waals surface area contributed by atoms with E-state index >= 15 is 0 Å². The molecule has 1 aliphatic heterocycles. The maximum absolute atomic E-state index is 13.2. The van der Waals surface area contributed by atoms with Crippen LogP contribution in [0.4, 0.5) is 10.1 Å². The standard InChI is InChI=1S/C14H14FN3O2/c1-8(2)18-13(19)6-12(14(18)20)17-10-3-4-11(15)9(5-10)7-16/h3-5,8,12,17H,6H2,1-2H3. The van der Waals surface area contributed by atoms with Crippen molar-refractivity contribution in [2.75, 3.05) is 5.32 Å². The van der Waals surface area contributed by atoms with Gasteiger partial charge in [0.25, 0.3) is 5.91 Å². The number of rotatable bonds is 3. The molecular formula is C14H14FN3O2. The molecule has 104 valence electrons. The maximum atomic E-state index is 13.2. The molecule has 6 heteroatoms. The van der Waals surface area contributed by atoms with Gasteiger partial charge < -0.3 is 5.32 Å². The molecular weight excluding hydrogens is 261 g/mol. The number of amides is 2. The van der Waals surface area contributed by atoms with Crippen LogP contribution in [0.15, 0.2) is 18.2 Å². The molecule has 1 aromatic rings. The van der Waals surface area contributed by atoms with E-state index in [-0.39, 0.29) is 29.8 Å². The fourth-order valence-electron chi connectivity index (χ4n) is 2.21. The Hall–Kier alpha value is -2.42. The average Bonchev–Trinajstić information content (AvgIpc) is 2.66. The minimum Gasteiger partial charge on any atom is -0.373 e. The molecule has 0 bridgehead atoms. The topological polar surface area (TPSA) is 73.2 Å². The van der Waals surface area contributed by atoms with E-state index in [0.29, 0.717) is 5.69 Å². The number of anilines is 1. The number of nitrogens with zero attached hydrogens (tertiary/aromatic N) is 2. The third-order valence-electron chi connectivity index (χ3n) is 3.13. The highest BCUT2D eigenvalue weighted by atomic mass is 19.1. The van der Waals surface area contributed by atoms with Crippen molar-refractivity contribution in [3.05, 3.63) is 29.6 Å². The van der Waals surface area contributed by atoms with Gasteiger partial charge in [-0.3, -0.25) is 14.5 Å². The smallest absolute Gasteiger partial charge is 0.252 e. The van der Waals surface area contributed by atoms with Crippen LogP contribution in [-0.4, -0.2) is 28.8 Å². The van der Waals surface area contributed by atoms with Crippen molar-refractivity contribution in [3.8, 4) is 6.07 Å². The fraction of sp³-hybridized carbons (Fsp3) is 0.357. The van der Waals surface area contributed by atoms with Crippen molar-refractivity contribution in [1.82, 2.24) is 4.90 Å². The summed E-state index contributed by atoms with van der Waals surface area (Å²) in [4.78, 5) is 25.1. The second-order valence-electron chi connectivity index (χ2n) is 4.90. The van der Waals surface area contributed by atoms with Gasteiger partial charge in [-0.2, -0.15) is 5.26 Å². The van der Waals surface area contributed by atoms with Crippen molar-refractivity contribution in [2.45, 2.75) is 32.4 Å². The first-order valence-electron chi connectivity index (χ1n) is 6.26. The lowest BCUT2D eigenvalue weighted by Crippen LogP contribution is -2.39. The number of nitrogens with one attached hydrogen (secondary N) is 1. The van der Waals surface area contributed by atoms with Crippen molar-refractivity contribution >= 4 is 17.5 Å². The first-order valence-corrected chi connectivity index (χ1v) is 6.26. The largest absolute Gasteiger partial charge is 0.373 e. The molecule has 0 spiro atoms. The molecule has 1 N–H and O–H groups in total. The van der Waals surface area contributed by atoms with E-state index in [1.54, 1.807) is 19.9 Å². The molecule has 5 nitrogen and oxygen atoms in total. The number of halogens is 1. The number of likely N-dealkylation sites (tertiary alicyclic amines) is 1. The van der Waals surface area contributed by atoms with Gasteiger partial charge in [0.15, 0.2) is 0 Å². The van der Waals surface area contributed by atoms with E-state index in [9.17, 15) is 14.0 Å². The van der Waals surface area contributed by atoms with Gasteiger partial charge in [-0.1, -0.05) is 0 Å². The Bertz CT molecular complexity index is 607. The van der Waals surface area contributed by atoms with E-state index in [1.165, 1.54) is 17.0 Å². The van der Waals surface area contributed by atoms with Gasteiger partial charge in [0, 0.05) is 11.7 Å². The number of carbonyl (C=O) groups excluding carboxylic acids is 2. The van der Waals surface area contributed by atoms with Gasteiger partial charge in [-0.25, -0.2) is 4.39 Å². The van der Waals surface area contributed by atoms with Gasteiger partial charge >= 0.3 is 0 Å². The molecule has 0 saturated carbocycles. The highest BCUT2D eigenvalue weighted by Crippen LogP contribution is 2.21. The maximum Gasteiger partial charge on any atom is 0.252 e. The normalized spacial score (nSPS) is 18.6. The molecule has 1 unspecified atom stereocenters. The van der Waals surface area contributed by atoms with Crippen LogP contribution in [-0.2, 0) is 9.59 Å². The zero-order chi connectivity index (χ0) is 14.9. The molecule has 1 aromatic carbocycles. The lowest BCUT2D eigenvalue weighted by molar-refractivity contribution is -0.140. The zero-order valence-electron chi connectivity index (χ0n) is 11.2. The van der Waals surface area contributed by atoms with E-state index in [2.05, 4.69) is 5.32 Å². The summed E-state index contributed by atoms with van der Waals surface area (Å²) in [6, 6.07) is 4.79. The molecule has 0 radical (unpaired) electrons. The third-order valence-corrected chi connectivity index (χ3v) is 3.13. The van der Waals surface area contributed by atoms with Crippen LogP contribution in [0.1, 0.15) is 25.8 Å². The van der Waals surface area contributed by atoms with Crippen molar-refractivity contribution in [1.29, 1.82) is 5.26 Å². The Balaban J connectivity index is 2.18. The van der Waals surface area contributed by atoms with E-state index in [0.717, 1.165) is 6.07 Å². The number of benzene rings is 1. The van der Waals surface area contributed by atoms with Crippen molar-refractivity contribution < 1.29 is 14.0 Å². The minimum atomic E-state index is -0.665. The minimum absolute atomic E-state index is 0.0658. The van der Waals surface area contributed by atoms with Crippen molar-refractivity contribution in [2.24, 2.45) is 0 Å². The summed E-state index contributed by atoms with van der Waals surface area (Å²) in [5.41, 5.74) is 0.340. The van der Waals surface area contributed by atoms with Crippen molar-refractivity contribution in [3.63, 3.8) is 0 Å². The molecule has 2 amide bonds. The first-order chi connectivity index (χ1) is 9.43. The van der Waals surface area contributed by atoms with Crippen LogP contribution in [0.2, 0.25) is 0 Å². The number of imide groups is 1. The highest BCUT2D eigenvalue weighted by molar-refractivity contribution is 6.07. The number of hydrogen-bond donors (Lipinski definition) is 1. The summed E-state index contributed by atoms with van der Waals surface area (Å²) in [6.07, 6.45) is 0.0658. The fourth-order valence-corrected chi connectivity index (χ4v) is 2.21. The molecule has 1 saturated heterocycles. The van der Waals surface area contributed by atoms with E-state index < -0.39 is 11.9 Å². The van der Waals surface area contributed by atoms with Crippen LogP contribution >= 0.6 is 0 Å². The van der Waals surface area contributed by atoms with Gasteiger partial charge in [-0.15, -0.1) is 0 Å². The van der Waals surface area contributed by atoms with E-state index in [4.69, 9.17) is 5.26 Å². The van der Waals surface area contributed by atoms with Gasteiger partial charge in [0.2, 0.25) is 5.91 Å². The summed E-state index contributed by atoms with van der Waals surface area (Å²) < 4.78 is 13.2. The molecule has 2 rings (SSSR count). The number of hydrogen-bond acceptors (Lipinski definition) is 4. The number of carbonyl (C=O) groups is 2. The summed E-state index contributed by atoms with van der Waals surface area (Å²) in [6.45, 7) is 3.54. The number of nitriles is 1. The van der Waals surface area contributed by atoms with Crippen LogP contribution in [0.5, 0.6) is 0 Å². The quantitative estimate of drug-likeness (QED) is 0.851. The predicted octanol–water partition coefficient (Wildman–Crippen LogP) is 1.65. The molecule has 0 aromatic heterocycles. The second kappa shape index (κ2) is 5.29. The Morgan fingerprint density at radius 3 is 2.70 bits per heavy atom. The Morgan fingerprint density at radius 2 is 2.15 bits per heavy atom. The highest BCUT2D eigenvalue weighted by Gasteiger charge is 2.39. The first kappa shape index (κ1) is 14.0. The summed E-state index contributed by atoms with van der Waals surface area (Å²) in [7, 11) is 0. The van der Waals surface area contributed by atoms with Crippen LogP contribution in [0.3, 0.4) is 0 Å². The summed E-state index contributed by atoms with van der Waals surface area (Å²) in [5.74, 6) is -1.14. The molecule has 20 heavy (non-hydrogen) atoms. The Labute approximate surface area is 116 Å². The average molecular weight is 275 g/mol. The van der Waals surface area contributed by atoms with E-state index in [1.807, 2.05) is 0 Å². The Morgan fingerprint density at radius 1 is 1.45 bits per heavy atom. The van der Waals surface area contributed by atoms with Gasteiger partial charge in [0.1, 0.15) is 17.9 Å². The predicted molar refractivity (Wildman–Crippen MR) is 70.1 cm³/mol. The third kappa shape index (κ3) is 2.48. The van der Waals surface area contributed by atoms with Gasteiger partial charge in [-0.05, 0) is 32.0 Å². The lowest BCUT2D eigenvalue weighted by atomic mass is 10.1. The SMILES string of the molecule is CC(C)N1C(=O)CC(Nc2ccc(F)c(C#N)c2)C1=O. The molecule has 1 fully saturated rings. The monoisotopic (exact) mass is 275 g/mol. The second-order valence-corrected chi connectivity index (χ2v) is 4.90. The summed E-state index contributed by atoms with van der Waals surface area (Å²) >= 11 is 0. The molecule has 1 atom stereocenters. The van der Waals surface area contributed by atoms with Crippen LogP contribution in [0, 0.1) is 17.1 Å². The Kier molecular flexibility index (Phi) is 3.70. The van der Waals surface area contributed by atoms with Crippen LogP contribution in [0.25, 0.3) is 0 Å². The zero-order valence-corrected chi connectivity index (χ0v) is 11.2. The molecule has 0 aliphatic carbocycles.